The van der Waals surface area contributed by atoms with Crippen molar-refractivity contribution in [1.29, 1.82) is 0 Å². The number of hydrogen-bond donors (Lipinski definition) is 2. The minimum absolute atomic E-state index is 0.122. The van der Waals surface area contributed by atoms with E-state index in [2.05, 4.69) is 24.9 Å². The number of amides is 1. The van der Waals surface area contributed by atoms with Crippen LogP contribution in [0.2, 0.25) is 0 Å². The van der Waals surface area contributed by atoms with Crippen molar-refractivity contribution in [3.63, 3.8) is 0 Å². The first-order valence-corrected chi connectivity index (χ1v) is 12.9. The van der Waals surface area contributed by atoms with E-state index in [0.29, 0.717) is 49.8 Å². The van der Waals surface area contributed by atoms with E-state index in [1.165, 1.54) is 12.4 Å². The summed E-state index contributed by atoms with van der Waals surface area (Å²) in [7, 11) is 0. The third-order valence-electron chi connectivity index (χ3n) is 7.53. The van der Waals surface area contributed by atoms with Gasteiger partial charge in [-0.25, -0.2) is 14.4 Å². The molecule has 1 aliphatic heterocycles. The molecule has 2 heterocycles. The van der Waals surface area contributed by atoms with Crippen LogP contribution in [0.4, 0.5) is 23.4 Å². The van der Waals surface area contributed by atoms with Gasteiger partial charge < -0.3 is 25.0 Å². The van der Waals surface area contributed by atoms with E-state index in [1.54, 1.807) is 4.90 Å². The third kappa shape index (κ3) is 5.85. The molecule has 0 spiro atoms. The predicted octanol–water partition coefficient (Wildman–Crippen LogP) is 3.49. The Morgan fingerprint density at radius 2 is 1.95 bits per heavy atom. The molecular formula is C26H31F4N5O3. The van der Waals surface area contributed by atoms with Crippen molar-refractivity contribution in [3.8, 4) is 5.75 Å². The summed E-state index contributed by atoms with van der Waals surface area (Å²) in [5.74, 6) is -1.61. The molecule has 2 aromatic rings. The number of nitrogens with zero attached hydrogens (tertiary/aromatic N) is 4. The fourth-order valence-corrected chi connectivity index (χ4v) is 5.36. The Bertz CT molecular complexity index is 1170. The first kappa shape index (κ1) is 26.6. The maximum atomic E-state index is 14.5. The molecular weight excluding hydrogens is 506 g/mol. The Labute approximate surface area is 218 Å². The average Bonchev–Trinajstić information content (AvgIpc) is 3.66. The van der Waals surface area contributed by atoms with E-state index in [0.717, 1.165) is 42.9 Å². The highest BCUT2D eigenvalue weighted by Gasteiger charge is 2.36. The first-order chi connectivity index (χ1) is 18.1. The van der Waals surface area contributed by atoms with Crippen LogP contribution >= 0.6 is 0 Å². The number of anilines is 1. The average molecular weight is 538 g/mol. The van der Waals surface area contributed by atoms with Gasteiger partial charge in [-0.3, -0.25) is 4.79 Å². The van der Waals surface area contributed by atoms with Crippen LogP contribution in [0.5, 0.6) is 5.75 Å². The van der Waals surface area contributed by atoms with Gasteiger partial charge in [-0.1, -0.05) is 13.0 Å². The van der Waals surface area contributed by atoms with E-state index >= 15 is 0 Å². The molecule has 206 valence electrons. The Hall–Kier alpha value is -2.99. The van der Waals surface area contributed by atoms with Gasteiger partial charge in [-0.15, -0.1) is 13.2 Å². The van der Waals surface area contributed by atoms with Gasteiger partial charge in [0.2, 0.25) is 5.91 Å². The number of halogens is 4. The number of nitrogens with one attached hydrogen (secondary N) is 1. The van der Waals surface area contributed by atoms with Crippen molar-refractivity contribution in [2.24, 2.45) is 5.92 Å². The van der Waals surface area contributed by atoms with Crippen molar-refractivity contribution in [3.05, 3.63) is 47.2 Å². The van der Waals surface area contributed by atoms with Crippen LogP contribution in [0.3, 0.4) is 0 Å². The summed E-state index contributed by atoms with van der Waals surface area (Å²) < 4.78 is 56.0. The van der Waals surface area contributed by atoms with Crippen molar-refractivity contribution in [1.82, 2.24) is 20.2 Å². The number of alkyl halides is 3. The summed E-state index contributed by atoms with van der Waals surface area (Å²) in [5.41, 5.74) is 1.89. The Balaban J connectivity index is 1.29. The summed E-state index contributed by atoms with van der Waals surface area (Å²) in [6.07, 6.45) is -1.33. The molecule has 0 bridgehead atoms. The van der Waals surface area contributed by atoms with Gasteiger partial charge in [-0.2, -0.15) is 0 Å². The molecule has 2 aliphatic carbocycles. The lowest BCUT2D eigenvalue weighted by atomic mass is 9.96. The highest BCUT2D eigenvalue weighted by Crippen LogP contribution is 2.43. The minimum atomic E-state index is -5.01. The highest BCUT2D eigenvalue weighted by molar-refractivity contribution is 5.84. The molecule has 1 aromatic heterocycles. The Kier molecular flexibility index (Phi) is 7.45. The van der Waals surface area contributed by atoms with Crippen LogP contribution in [0.25, 0.3) is 0 Å². The number of piperazine rings is 1. The summed E-state index contributed by atoms with van der Waals surface area (Å²) in [6.45, 7) is 4.88. The van der Waals surface area contributed by atoms with E-state index in [9.17, 15) is 27.5 Å². The lowest BCUT2D eigenvalue weighted by Crippen LogP contribution is -2.51. The second-order valence-electron chi connectivity index (χ2n) is 10.4. The monoisotopic (exact) mass is 537 g/mol. The second-order valence-corrected chi connectivity index (χ2v) is 10.4. The van der Waals surface area contributed by atoms with E-state index in [1.807, 2.05) is 6.92 Å². The number of ether oxygens (including phenoxy) is 1. The van der Waals surface area contributed by atoms with Gasteiger partial charge in [0.05, 0.1) is 17.7 Å². The topological polar surface area (TPSA) is 90.8 Å². The number of hydrogen-bond acceptors (Lipinski definition) is 7. The molecule has 2 fully saturated rings. The second kappa shape index (κ2) is 10.6. The Morgan fingerprint density at radius 3 is 2.61 bits per heavy atom. The van der Waals surface area contributed by atoms with Gasteiger partial charge in [0, 0.05) is 38.3 Å². The smallest absolute Gasteiger partial charge is 0.403 e. The quantitative estimate of drug-likeness (QED) is 0.499. The molecule has 1 saturated heterocycles. The SMILES string of the molecule is C[C@@H]1C[C@H](O)c2ncnc(N3CCN(C(=O)C(CNCC4CC4)c4ccc(OC(F)(F)F)c(F)c4)CC3)c21. The summed E-state index contributed by atoms with van der Waals surface area (Å²) in [5, 5.41) is 13.6. The van der Waals surface area contributed by atoms with Gasteiger partial charge in [0.25, 0.3) is 0 Å². The molecule has 1 unspecified atom stereocenters. The number of aliphatic hydroxyl groups is 1. The summed E-state index contributed by atoms with van der Waals surface area (Å²) in [6, 6.07) is 3.19. The largest absolute Gasteiger partial charge is 0.573 e. The van der Waals surface area contributed by atoms with Crippen LogP contribution in [-0.2, 0) is 4.79 Å². The molecule has 3 aliphatic rings. The predicted molar refractivity (Wildman–Crippen MR) is 130 cm³/mol. The van der Waals surface area contributed by atoms with Crippen molar-refractivity contribution < 1.29 is 32.2 Å². The third-order valence-corrected chi connectivity index (χ3v) is 7.53. The normalized spacial score (nSPS) is 22.4. The van der Waals surface area contributed by atoms with Gasteiger partial charge in [0.15, 0.2) is 11.6 Å². The van der Waals surface area contributed by atoms with Crippen LogP contribution in [0, 0.1) is 11.7 Å². The minimum Gasteiger partial charge on any atom is -0.403 e. The molecule has 3 atom stereocenters. The van der Waals surface area contributed by atoms with Gasteiger partial charge >= 0.3 is 6.36 Å². The van der Waals surface area contributed by atoms with Crippen LogP contribution in [0.1, 0.15) is 60.9 Å². The Morgan fingerprint density at radius 1 is 1.21 bits per heavy atom. The van der Waals surface area contributed by atoms with E-state index < -0.39 is 30.0 Å². The molecule has 5 rings (SSSR count). The maximum absolute atomic E-state index is 14.5. The van der Waals surface area contributed by atoms with Crippen LogP contribution in [0.15, 0.2) is 24.5 Å². The summed E-state index contributed by atoms with van der Waals surface area (Å²) in [4.78, 5) is 26.1. The summed E-state index contributed by atoms with van der Waals surface area (Å²) >= 11 is 0. The van der Waals surface area contributed by atoms with Gasteiger partial charge in [-0.05, 0) is 55.3 Å². The fourth-order valence-electron chi connectivity index (χ4n) is 5.36. The van der Waals surface area contributed by atoms with Crippen molar-refractivity contribution >= 4 is 11.7 Å². The number of benzene rings is 1. The lowest BCUT2D eigenvalue weighted by molar-refractivity contribution is -0.275. The molecule has 8 nitrogen and oxygen atoms in total. The molecule has 1 aromatic carbocycles. The van der Waals surface area contributed by atoms with Crippen LogP contribution < -0.4 is 15.0 Å². The number of carbonyl (C=O) groups excluding carboxylic acids is 1. The standard InChI is InChI=1S/C26H31F4N5O3/c1-15-10-20(36)23-22(15)24(33-14-32-23)34-6-8-35(9-7-34)25(37)18(13-31-12-16-2-3-16)17-4-5-21(19(27)11-17)38-26(28,29)30/h4-5,11,14-16,18,20,31,36H,2-3,6-10,12-13H2,1H3/t15-,18?,20+/m1/s1. The molecule has 38 heavy (non-hydrogen) atoms. The molecule has 0 radical (unpaired) electrons. The molecule has 1 saturated carbocycles. The number of fused-ring (bicyclic) bond motifs is 1. The zero-order chi connectivity index (χ0) is 27.0. The molecule has 1 amide bonds. The lowest BCUT2D eigenvalue weighted by Gasteiger charge is -2.38. The van der Waals surface area contributed by atoms with Gasteiger partial charge in [0.1, 0.15) is 12.1 Å². The number of rotatable bonds is 8. The highest BCUT2D eigenvalue weighted by atomic mass is 19.4. The maximum Gasteiger partial charge on any atom is 0.573 e. The zero-order valence-corrected chi connectivity index (χ0v) is 21.0. The van der Waals surface area contributed by atoms with Crippen molar-refractivity contribution in [2.75, 3.05) is 44.2 Å². The van der Waals surface area contributed by atoms with E-state index in [-0.39, 0.29) is 18.4 Å². The molecule has 2 N–H and O–H groups in total. The van der Waals surface area contributed by atoms with Crippen LogP contribution in [-0.4, -0.2) is 71.5 Å². The fraction of sp³-hybridized carbons (Fsp3) is 0.577. The molecule has 12 heteroatoms. The number of aromatic nitrogens is 2. The first-order valence-electron chi connectivity index (χ1n) is 12.9. The number of aliphatic hydroxyl groups excluding tert-OH is 1. The van der Waals surface area contributed by atoms with E-state index in [4.69, 9.17) is 0 Å². The zero-order valence-electron chi connectivity index (χ0n) is 21.0. The van der Waals surface area contributed by atoms with Crippen molar-refractivity contribution in [2.45, 2.75) is 50.5 Å². The number of carbonyl (C=O) groups is 1.